The Bertz CT molecular complexity index is 784. The summed E-state index contributed by atoms with van der Waals surface area (Å²) in [7, 11) is 0. The number of benzene rings is 1. The van der Waals surface area contributed by atoms with Gasteiger partial charge in [0.05, 0.1) is 11.8 Å². The van der Waals surface area contributed by atoms with Crippen LogP contribution in [0.25, 0.3) is 5.69 Å². The summed E-state index contributed by atoms with van der Waals surface area (Å²) >= 11 is 0. The molecule has 0 spiro atoms. The number of rotatable bonds is 6. The zero-order valence-corrected chi connectivity index (χ0v) is 14.1. The molecule has 3 aromatic rings. The second-order valence-electron chi connectivity index (χ2n) is 6.74. The van der Waals surface area contributed by atoms with E-state index < -0.39 is 0 Å². The summed E-state index contributed by atoms with van der Waals surface area (Å²) in [4.78, 5) is 0. The molecular weight excluding hydrogens is 314 g/mol. The van der Waals surface area contributed by atoms with E-state index in [9.17, 15) is 5.11 Å². The van der Waals surface area contributed by atoms with Crippen molar-refractivity contribution in [2.45, 2.75) is 38.1 Å². The summed E-state index contributed by atoms with van der Waals surface area (Å²) in [6.07, 6.45) is 8.99. The van der Waals surface area contributed by atoms with Crippen molar-refractivity contribution in [1.29, 1.82) is 0 Å². The fourth-order valence-corrected chi connectivity index (χ4v) is 3.64. The third-order valence-corrected chi connectivity index (χ3v) is 4.88. The van der Waals surface area contributed by atoms with Crippen LogP contribution in [0, 0.1) is 5.92 Å². The lowest BCUT2D eigenvalue weighted by Gasteiger charge is -2.17. The van der Waals surface area contributed by atoms with Crippen molar-refractivity contribution in [1.82, 2.24) is 24.9 Å². The van der Waals surface area contributed by atoms with Gasteiger partial charge in [0.1, 0.15) is 0 Å². The van der Waals surface area contributed by atoms with E-state index in [-0.39, 0.29) is 12.1 Å². The average Bonchev–Trinajstić information content (AvgIpc) is 3.36. The second kappa shape index (κ2) is 7.21. The van der Waals surface area contributed by atoms with Crippen LogP contribution in [0.3, 0.4) is 0 Å². The summed E-state index contributed by atoms with van der Waals surface area (Å²) in [5, 5.41) is 22.4. The van der Waals surface area contributed by atoms with Gasteiger partial charge in [0.25, 0.3) is 0 Å². The molecule has 1 saturated carbocycles. The summed E-state index contributed by atoms with van der Waals surface area (Å²) in [5.41, 5.74) is 2.24. The van der Waals surface area contributed by atoms with Crippen molar-refractivity contribution in [2.24, 2.45) is 5.92 Å². The first-order chi connectivity index (χ1) is 12.3. The molecule has 25 heavy (non-hydrogen) atoms. The third kappa shape index (κ3) is 3.81. The van der Waals surface area contributed by atoms with Crippen LogP contribution < -0.4 is 5.32 Å². The highest BCUT2D eigenvalue weighted by Gasteiger charge is 2.32. The SMILES string of the molecule is O[C@@H]1CC(Cn2cccn2)C[C@H]1NCc1cccc(-n2cccn2)c1. The van der Waals surface area contributed by atoms with Crippen molar-refractivity contribution >= 4 is 0 Å². The predicted molar refractivity (Wildman–Crippen MR) is 95.1 cm³/mol. The average molecular weight is 337 g/mol. The van der Waals surface area contributed by atoms with E-state index in [2.05, 4.69) is 27.6 Å². The first-order valence-corrected chi connectivity index (χ1v) is 8.76. The number of aromatic nitrogens is 4. The zero-order chi connectivity index (χ0) is 17.1. The highest BCUT2D eigenvalue weighted by atomic mass is 16.3. The van der Waals surface area contributed by atoms with Gasteiger partial charge in [-0.25, -0.2) is 4.68 Å². The lowest BCUT2D eigenvalue weighted by molar-refractivity contribution is 0.145. The van der Waals surface area contributed by atoms with Gasteiger partial charge in [-0.1, -0.05) is 12.1 Å². The maximum absolute atomic E-state index is 10.4. The maximum Gasteiger partial charge on any atom is 0.0696 e. The lowest BCUT2D eigenvalue weighted by Crippen LogP contribution is -2.35. The largest absolute Gasteiger partial charge is 0.391 e. The Hall–Kier alpha value is -2.44. The fourth-order valence-electron chi connectivity index (χ4n) is 3.64. The van der Waals surface area contributed by atoms with Crippen LogP contribution in [-0.2, 0) is 13.1 Å². The van der Waals surface area contributed by atoms with Gasteiger partial charge in [-0.15, -0.1) is 0 Å². The minimum absolute atomic E-state index is 0.133. The molecule has 1 aliphatic rings. The Kier molecular flexibility index (Phi) is 4.63. The van der Waals surface area contributed by atoms with E-state index in [1.165, 1.54) is 5.56 Å². The van der Waals surface area contributed by atoms with Crippen LogP contribution in [0.15, 0.2) is 61.2 Å². The van der Waals surface area contributed by atoms with Gasteiger partial charge in [0.15, 0.2) is 0 Å². The summed E-state index contributed by atoms with van der Waals surface area (Å²) in [6.45, 7) is 1.61. The van der Waals surface area contributed by atoms with Crippen molar-refractivity contribution in [2.75, 3.05) is 0 Å². The fraction of sp³-hybridized carbons (Fsp3) is 0.368. The Morgan fingerprint density at radius 1 is 1.08 bits per heavy atom. The predicted octanol–water partition coefficient (Wildman–Crippen LogP) is 2.00. The third-order valence-electron chi connectivity index (χ3n) is 4.88. The van der Waals surface area contributed by atoms with Gasteiger partial charge in [-0.05, 0) is 48.6 Å². The second-order valence-corrected chi connectivity index (χ2v) is 6.74. The lowest BCUT2D eigenvalue weighted by atomic mass is 10.1. The van der Waals surface area contributed by atoms with Crippen molar-refractivity contribution in [3.63, 3.8) is 0 Å². The molecule has 0 radical (unpaired) electrons. The minimum atomic E-state index is -0.296. The minimum Gasteiger partial charge on any atom is -0.391 e. The van der Waals surface area contributed by atoms with Crippen molar-refractivity contribution in [3.05, 3.63) is 66.7 Å². The number of nitrogens with zero attached hydrogens (tertiary/aromatic N) is 4. The quantitative estimate of drug-likeness (QED) is 0.722. The number of aliphatic hydroxyl groups excluding tert-OH is 1. The van der Waals surface area contributed by atoms with Gasteiger partial charge in [-0.2, -0.15) is 10.2 Å². The molecular formula is C19H23N5O. The molecule has 0 aliphatic heterocycles. The van der Waals surface area contributed by atoms with Crippen LogP contribution in [0.1, 0.15) is 18.4 Å². The molecule has 3 atom stereocenters. The first kappa shape index (κ1) is 16.1. The number of hydrogen-bond donors (Lipinski definition) is 2. The Balaban J connectivity index is 1.34. The van der Waals surface area contributed by atoms with Crippen LogP contribution >= 0.6 is 0 Å². The molecule has 2 aromatic heterocycles. The highest BCUT2D eigenvalue weighted by Crippen LogP contribution is 2.27. The standard InChI is InChI=1S/C19H23N5O/c25-19-12-16(14-23-8-2-6-21-23)11-18(19)20-13-15-4-1-5-17(10-15)24-9-3-7-22-24/h1-10,16,18-20,25H,11-14H2/t16?,18-,19-/m1/s1. The number of aliphatic hydroxyl groups is 1. The molecule has 6 heteroatoms. The molecule has 2 N–H and O–H groups in total. The Morgan fingerprint density at radius 3 is 2.76 bits per heavy atom. The first-order valence-electron chi connectivity index (χ1n) is 8.76. The van der Waals surface area contributed by atoms with Gasteiger partial charge >= 0.3 is 0 Å². The van der Waals surface area contributed by atoms with Gasteiger partial charge in [0, 0.05) is 43.9 Å². The number of hydrogen-bond acceptors (Lipinski definition) is 4. The van der Waals surface area contributed by atoms with Crippen LogP contribution in [0.5, 0.6) is 0 Å². The van der Waals surface area contributed by atoms with Gasteiger partial charge < -0.3 is 10.4 Å². The zero-order valence-electron chi connectivity index (χ0n) is 14.1. The Labute approximate surface area is 147 Å². The number of nitrogens with one attached hydrogen (secondary N) is 1. The molecule has 4 rings (SSSR count). The maximum atomic E-state index is 10.4. The highest BCUT2D eigenvalue weighted by molar-refractivity contribution is 5.35. The summed E-state index contributed by atoms with van der Waals surface area (Å²) in [6, 6.07) is 12.3. The molecule has 1 unspecified atom stereocenters. The van der Waals surface area contributed by atoms with E-state index in [1.807, 2.05) is 46.0 Å². The molecule has 130 valence electrons. The normalized spacial score (nSPS) is 23.2. The van der Waals surface area contributed by atoms with E-state index in [4.69, 9.17) is 0 Å². The molecule has 1 aromatic carbocycles. The molecule has 1 aliphatic carbocycles. The van der Waals surface area contributed by atoms with Crippen LogP contribution in [0.4, 0.5) is 0 Å². The Morgan fingerprint density at radius 2 is 1.96 bits per heavy atom. The van der Waals surface area contributed by atoms with Crippen molar-refractivity contribution in [3.8, 4) is 5.69 Å². The summed E-state index contributed by atoms with van der Waals surface area (Å²) < 4.78 is 3.81. The van der Waals surface area contributed by atoms with E-state index >= 15 is 0 Å². The van der Waals surface area contributed by atoms with Crippen molar-refractivity contribution < 1.29 is 5.11 Å². The molecule has 0 amide bonds. The van der Waals surface area contributed by atoms with Gasteiger partial charge in [-0.3, -0.25) is 4.68 Å². The molecule has 1 fully saturated rings. The van der Waals surface area contributed by atoms with Gasteiger partial charge in [0.2, 0.25) is 0 Å². The van der Waals surface area contributed by atoms with Crippen LogP contribution in [0.2, 0.25) is 0 Å². The summed E-state index contributed by atoms with van der Waals surface area (Å²) in [5.74, 6) is 0.461. The van der Waals surface area contributed by atoms with E-state index in [0.717, 1.165) is 31.6 Å². The van der Waals surface area contributed by atoms with E-state index in [0.29, 0.717) is 5.92 Å². The topological polar surface area (TPSA) is 67.9 Å². The van der Waals surface area contributed by atoms with E-state index in [1.54, 1.807) is 12.4 Å². The van der Waals surface area contributed by atoms with Crippen LogP contribution in [-0.4, -0.2) is 36.8 Å². The monoisotopic (exact) mass is 337 g/mol. The molecule has 2 heterocycles. The molecule has 0 saturated heterocycles. The molecule has 0 bridgehead atoms. The smallest absolute Gasteiger partial charge is 0.0696 e. The molecule has 6 nitrogen and oxygen atoms in total.